The summed E-state index contributed by atoms with van der Waals surface area (Å²) in [5.74, 6) is 0. The maximum atomic E-state index is 5.79. The average Bonchev–Trinajstić information content (AvgIpc) is 2.39. The molecule has 0 saturated carbocycles. The SMILES string of the molecule is Cc1ccc(CO/N=C/c2ccc(Cl)cc2)cc1. The lowest BCUT2D eigenvalue weighted by molar-refractivity contribution is 0.132. The topological polar surface area (TPSA) is 21.6 Å². The van der Waals surface area contributed by atoms with E-state index >= 15 is 0 Å². The van der Waals surface area contributed by atoms with Crippen LogP contribution in [0.25, 0.3) is 0 Å². The van der Waals surface area contributed by atoms with Gasteiger partial charge in [0.25, 0.3) is 0 Å². The molecule has 18 heavy (non-hydrogen) atoms. The Hall–Kier alpha value is -1.80. The number of hydrogen-bond donors (Lipinski definition) is 0. The van der Waals surface area contributed by atoms with E-state index in [-0.39, 0.29) is 0 Å². The van der Waals surface area contributed by atoms with Gasteiger partial charge in [-0.3, -0.25) is 0 Å². The van der Waals surface area contributed by atoms with E-state index in [2.05, 4.69) is 24.2 Å². The molecular weight excluding hydrogens is 246 g/mol. The second kappa shape index (κ2) is 6.22. The average molecular weight is 260 g/mol. The predicted molar refractivity (Wildman–Crippen MR) is 75.0 cm³/mol. The van der Waals surface area contributed by atoms with Crippen LogP contribution >= 0.6 is 11.6 Å². The minimum Gasteiger partial charge on any atom is -0.391 e. The van der Waals surface area contributed by atoms with Crippen molar-refractivity contribution in [2.75, 3.05) is 0 Å². The van der Waals surface area contributed by atoms with E-state index in [1.807, 2.05) is 36.4 Å². The highest BCUT2D eigenvalue weighted by Crippen LogP contribution is 2.08. The third kappa shape index (κ3) is 3.90. The molecule has 2 rings (SSSR count). The normalized spacial score (nSPS) is 10.8. The second-order valence-corrected chi connectivity index (χ2v) is 4.48. The van der Waals surface area contributed by atoms with Crippen LogP contribution in [-0.2, 0) is 11.4 Å². The first-order valence-corrected chi connectivity index (χ1v) is 6.08. The van der Waals surface area contributed by atoms with Crippen molar-refractivity contribution in [2.45, 2.75) is 13.5 Å². The van der Waals surface area contributed by atoms with Gasteiger partial charge in [-0.2, -0.15) is 0 Å². The first-order valence-electron chi connectivity index (χ1n) is 5.70. The molecule has 0 aliphatic rings. The molecule has 0 aliphatic heterocycles. The molecule has 2 aromatic carbocycles. The molecule has 0 radical (unpaired) electrons. The molecule has 2 nitrogen and oxygen atoms in total. The number of rotatable bonds is 4. The molecule has 2 aromatic rings. The number of oxime groups is 1. The van der Waals surface area contributed by atoms with Gasteiger partial charge in [0.2, 0.25) is 0 Å². The zero-order valence-electron chi connectivity index (χ0n) is 10.1. The number of aryl methyl sites for hydroxylation is 1. The first kappa shape index (κ1) is 12.7. The maximum Gasteiger partial charge on any atom is 0.142 e. The molecule has 3 heteroatoms. The number of hydrogen-bond acceptors (Lipinski definition) is 2. The Balaban J connectivity index is 1.84. The van der Waals surface area contributed by atoms with Gasteiger partial charge in [-0.05, 0) is 30.2 Å². The highest BCUT2D eigenvalue weighted by molar-refractivity contribution is 6.30. The Morgan fingerprint density at radius 3 is 2.39 bits per heavy atom. The standard InChI is InChI=1S/C15H14ClNO/c1-12-2-4-14(5-3-12)11-18-17-10-13-6-8-15(16)9-7-13/h2-10H,11H2,1H3/b17-10+. The van der Waals surface area contributed by atoms with Crippen molar-refractivity contribution < 1.29 is 4.84 Å². The summed E-state index contributed by atoms with van der Waals surface area (Å²) in [6.07, 6.45) is 1.67. The van der Waals surface area contributed by atoms with Crippen LogP contribution in [0, 0.1) is 6.92 Å². The predicted octanol–water partition coefficient (Wildman–Crippen LogP) is 4.20. The lowest BCUT2D eigenvalue weighted by Gasteiger charge is -2.00. The molecule has 0 aliphatic carbocycles. The van der Waals surface area contributed by atoms with E-state index in [0.717, 1.165) is 11.1 Å². The molecular formula is C15H14ClNO. The lowest BCUT2D eigenvalue weighted by Crippen LogP contribution is -1.88. The van der Waals surface area contributed by atoms with Gasteiger partial charge in [-0.1, -0.05) is 58.7 Å². The Morgan fingerprint density at radius 1 is 1.06 bits per heavy atom. The van der Waals surface area contributed by atoms with E-state index in [1.165, 1.54) is 5.56 Å². The summed E-state index contributed by atoms with van der Waals surface area (Å²) in [6, 6.07) is 15.6. The first-order chi connectivity index (χ1) is 8.74. The van der Waals surface area contributed by atoms with Gasteiger partial charge in [0.1, 0.15) is 6.61 Å². The molecule has 0 heterocycles. The summed E-state index contributed by atoms with van der Waals surface area (Å²) in [6.45, 7) is 2.54. The molecule has 0 bridgehead atoms. The van der Waals surface area contributed by atoms with Crippen molar-refractivity contribution in [3.63, 3.8) is 0 Å². The van der Waals surface area contributed by atoms with Crippen molar-refractivity contribution in [2.24, 2.45) is 5.16 Å². The van der Waals surface area contributed by atoms with Crippen LogP contribution in [0.15, 0.2) is 53.7 Å². The zero-order valence-corrected chi connectivity index (χ0v) is 10.9. The van der Waals surface area contributed by atoms with Gasteiger partial charge < -0.3 is 4.84 Å². The van der Waals surface area contributed by atoms with Crippen molar-refractivity contribution in [3.8, 4) is 0 Å². The number of halogens is 1. The van der Waals surface area contributed by atoms with Crippen LogP contribution in [0.1, 0.15) is 16.7 Å². The summed E-state index contributed by atoms with van der Waals surface area (Å²) in [5.41, 5.74) is 3.31. The molecule has 0 aromatic heterocycles. The summed E-state index contributed by atoms with van der Waals surface area (Å²) in [7, 11) is 0. The lowest BCUT2D eigenvalue weighted by atomic mass is 10.2. The fourth-order valence-electron chi connectivity index (χ4n) is 1.44. The third-order valence-electron chi connectivity index (χ3n) is 2.50. The van der Waals surface area contributed by atoms with Gasteiger partial charge >= 0.3 is 0 Å². The monoisotopic (exact) mass is 259 g/mol. The van der Waals surface area contributed by atoms with Crippen LogP contribution in [0.3, 0.4) is 0 Å². The Bertz CT molecular complexity index is 517. The molecule has 92 valence electrons. The van der Waals surface area contributed by atoms with Crippen LogP contribution in [0.2, 0.25) is 5.02 Å². The molecule has 0 N–H and O–H groups in total. The smallest absolute Gasteiger partial charge is 0.142 e. The Labute approximate surface area is 112 Å². The van der Waals surface area contributed by atoms with Gasteiger partial charge in [0.05, 0.1) is 6.21 Å². The highest BCUT2D eigenvalue weighted by Gasteiger charge is 1.92. The third-order valence-corrected chi connectivity index (χ3v) is 2.75. The van der Waals surface area contributed by atoms with Crippen molar-refractivity contribution >= 4 is 17.8 Å². The van der Waals surface area contributed by atoms with Crippen LogP contribution in [-0.4, -0.2) is 6.21 Å². The zero-order chi connectivity index (χ0) is 12.8. The van der Waals surface area contributed by atoms with E-state index < -0.39 is 0 Å². The largest absolute Gasteiger partial charge is 0.391 e. The summed E-state index contributed by atoms with van der Waals surface area (Å²) in [4.78, 5) is 5.23. The quantitative estimate of drug-likeness (QED) is 0.596. The van der Waals surface area contributed by atoms with Gasteiger partial charge in [-0.25, -0.2) is 0 Å². The van der Waals surface area contributed by atoms with Gasteiger partial charge in [0, 0.05) is 5.02 Å². The fraction of sp³-hybridized carbons (Fsp3) is 0.133. The van der Waals surface area contributed by atoms with E-state index in [4.69, 9.17) is 16.4 Å². The minimum atomic E-state index is 0.477. The fourth-order valence-corrected chi connectivity index (χ4v) is 1.57. The number of nitrogens with zero attached hydrogens (tertiary/aromatic N) is 1. The Morgan fingerprint density at radius 2 is 1.72 bits per heavy atom. The molecule has 0 fully saturated rings. The summed E-state index contributed by atoms with van der Waals surface area (Å²) in [5, 5.41) is 4.64. The maximum absolute atomic E-state index is 5.79. The number of benzene rings is 2. The molecule has 0 saturated heterocycles. The van der Waals surface area contributed by atoms with Gasteiger partial charge in [0.15, 0.2) is 0 Å². The Kier molecular flexibility index (Phi) is 4.37. The molecule has 0 spiro atoms. The highest BCUT2D eigenvalue weighted by atomic mass is 35.5. The van der Waals surface area contributed by atoms with E-state index in [1.54, 1.807) is 6.21 Å². The van der Waals surface area contributed by atoms with Crippen molar-refractivity contribution in [3.05, 3.63) is 70.2 Å². The van der Waals surface area contributed by atoms with Crippen molar-refractivity contribution in [1.82, 2.24) is 0 Å². The second-order valence-electron chi connectivity index (χ2n) is 4.05. The van der Waals surface area contributed by atoms with E-state index in [9.17, 15) is 0 Å². The minimum absolute atomic E-state index is 0.477. The van der Waals surface area contributed by atoms with Crippen LogP contribution in [0.4, 0.5) is 0 Å². The van der Waals surface area contributed by atoms with Gasteiger partial charge in [-0.15, -0.1) is 0 Å². The van der Waals surface area contributed by atoms with Crippen LogP contribution in [0.5, 0.6) is 0 Å². The van der Waals surface area contributed by atoms with Crippen molar-refractivity contribution in [1.29, 1.82) is 0 Å². The molecule has 0 atom stereocenters. The van der Waals surface area contributed by atoms with Crippen LogP contribution < -0.4 is 0 Å². The molecule has 0 unspecified atom stereocenters. The summed E-state index contributed by atoms with van der Waals surface area (Å²) < 4.78 is 0. The molecule has 0 amide bonds. The van der Waals surface area contributed by atoms with E-state index in [0.29, 0.717) is 11.6 Å². The summed E-state index contributed by atoms with van der Waals surface area (Å²) >= 11 is 5.79.